The second-order valence-electron chi connectivity index (χ2n) is 4.78. The molecule has 0 atom stereocenters. The Morgan fingerprint density at radius 3 is 2.72 bits per heavy atom. The highest BCUT2D eigenvalue weighted by molar-refractivity contribution is 5.92. The SMILES string of the molecule is COC1CCN(c2nccc3ccccc23)CC1. The average Bonchev–Trinajstić information content (AvgIpc) is 2.47. The fourth-order valence-corrected chi connectivity index (χ4v) is 2.66. The molecule has 0 amide bonds. The third kappa shape index (κ3) is 2.06. The van der Waals surface area contributed by atoms with Gasteiger partial charge in [0.15, 0.2) is 0 Å². The van der Waals surface area contributed by atoms with E-state index in [0.29, 0.717) is 6.10 Å². The molecule has 0 aliphatic carbocycles. The summed E-state index contributed by atoms with van der Waals surface area (Å²) in [5.41, 5.74) is 0. The largest absolute Gasteiger partial charge is 0.381 e. The standard InChI is InChI=1S/C15H18N2O/c1-18-13-7-10-17(11-8-13)15-14-5-3-2-4-12(14)6-9-16-15/h2-6,9,13H,7-8,10-11H2,1H3. The van der Waals surface area contributed by atoms with Gasteiger partial charge >= 0.3 is 0 Å². The van der Waals surface area contributed by atoms with E-state index in [2.05, 4.69) is 40.2 Å². The molecule has 1 aliphatic rings. The number of ether oxygens (including phenoxy) is 1. The van der Waals surface area contributed by atoms with E-state index in [4.69, 9.17) is 4.74 Å². The summed E-state index contributed by atoms with van der Waals surface area (Å²) < 4.78 is 5.42. The molecule has 1 saturated heterocycles. The van der Waals surface area contributed by atoms with Crippen molar-refractivity contribution in [1.82, 2.24) is 4.98 Å². The van der Waals surface area contributed by atoms with Crippen molar-refractivity contribution < 1.29 is 4.74 Å². The predicted octanol–water partition coefficient (Wildman–Crippen LogP) is 2.85. The molecular formula is C15H18N2O. The van der Waals surface area contributed by atoms with Crippen molar-refractivity contribution in [2.45, 2.75) is 18.9 Å². The van der Waals surface area contributed by atoms with E-state index in [1.807, 2.05) is 6.20 Å². The Hall–Kier alpha value is -1.61. The summed E-state index contributed by atoms with van der Waals surface area (Å²) in [6.45, 7) is 2.05. The highest BCUT2D eigenvalue weighted by atomic mass is 16.5. The van der Waals surface area contributed by atoms with Gasteiger partial charge in [-0.25, -0.2) is 4.98 Å². The van der Waals surface area contributed by atoms with Crippen molar-refractivity contribution in [3.8, 4) is 0 Å². The number of rotatable bonds is 2. The molecule has 0 radical (unpaired) electrons. The maximum atomic E-state index is 5.42. The zero-order valence-electron chi connectivity index (χ0n) is 10.7. The van der Waals surface area contributed by atoms with Crippen LogP contribution in [0.25, 0.3) is 10.8 Å². The van der Waals surface area contributed by atoms with Crippen molar-refractivity contribution in [2.75, 3.05) is 25.1 Å². The van der Waals surface area contributed by atoms with Gasteiger partial charge in [-0.1, -0.05) is 24.3 Å². The lowest BCUT2D eigenvalue weighted by atomic mass is 10.1. The lowest BCUT2D eigenvalue weighted by molar-refractivity contribution is 0.0818. The van der Waals surface area contributed by atoms with Gasteiger partial charge in [-0.05, 0) is 24.3 Å². The zero-order valence-corrected chi connectivity index (χ0v) is 10.7. The summed E-state index contributed by atoms with van der Waals surface area (Å²) in [6, 6.07) is 10.5. The second-order valence-corrected chi connectivity index (χ2v) is 4.78. The molecule has 0 unspecified atom stereocenters. The molecule has 1 aromatic heterocycles. The van der Waals surface area contributed by atoms with Crippen LogP contribution in [0.2, 0.25) is 0 Å². The van der Waals surface area contributed by atoms with Crippen LogP contribution in [0.1, 0.15) is 12.8 Å². The molecule has 0 bridgehead atoms. The van der Waals surface area contributed by atoms with Crippen molar-refractivity contribution >= 4 is 16.6 Å². The smallest absolute Gasteiger partial charge is 0.136 e. The Bertz CT molecular complexity index is 528. The summed E-state index contributed by atoms with van der Waals surface area (Å²) in [5, 5.41) is 2.51. The Morgan fingerprint density at radius 1 is 1.17 bits per heavy atom. The number of methoxy groups -OCH3 is 1. The van der Waals surface area contributed by atoms with Gasteiger partial charge in [0.2, 0.25) is 0 Å². The van der Waals surface area contributed by atoms with Crippen molar-refractivity contribution in [1.29, 1.82) is 0 Å². The van der Waals surface area contributed by atoms with Gasteiger partial charge in [-0.15, -0.1) is 0 Å². The highest BCUT2D eigenvalue weighted by Crippen LogP contribution is 2.26. The van der Waals surface area contributed by atoms with E-state index in [9.17, 15) is 0 Å². The van der Waals surface area contributed by atoms with Crippen LogP contribution in [0.3, 0.4) is 0 Å². The summed E-state index contributed by atoms with van der Waals surface area (Å²) in [7, 11) is 1.80. The number of anilines is 1. The number of aromatic nitrogens is 1. The quantitative estimate of drug-likeness (QED) is 0.809. The third-order valence-corrected chi connectivity index (χ3v) is 3.73. The molecule has 1 aliphatic heterocycles. The Balaban J connectivity index is 1.91. The monoisotopic (exact) mass is 242 g/mol. The first-order valence-corrected chi connectivity index (χ1v) is 6.50. The van der Waals surface area contributed by atoms with Gasteiger partial charge in [0, 0.05) is 31.8 Å². The third-order valence-electron chi connectivity index (χ3n) is 3.73. The Labute approximate surface area is 107 Å². The number of hydrogen-bond donors (Lipinski definition) is 0. The number of pyridine rings is 1. The van der Waals surface area contributed by atoms with Crippen LogP contribution in [0.4, 0.5) is 5.82 Å². The summed E-state index contributed by atoms with van der Waals surface area (Å²) in [5.74, 6) is 1.11. The van der Waals surface area contributed by atoms with Gasteiger partial charge in [0.1, 0.15) is 5.82 Å². The molecule has 1 aromatic carbocycles. The average molecular weight is 242 g/mol. The van der Waals surface area contributed by atoms with Gasteiger partial charge in [0.25, 0.3) is 0 Å². The molecule has 0 spiro atoms. The predicted molar refractivity (Wildman–Crippen MR) is 74.0 cm³/mol. The van der Waals surface area contributed by atoms with E-state index in [1.165, 1.54) is 10.8 Å². The molecule has 2 aromatic rings. The number of hydrogen-bond acceptors (Lipinski definition) is 3. The van der Waals surface area contributed by atoms with Crippen LogP contribution >= 0.6 is 0 Å². The number of benzene rings is 1. The molecule has 0 N–H and O–H groups in total. The van der Waals surface area contributed by atoms with Crippen LogP contribution in [0, 0.1) is 0 Å². The van der Waals surface area contributed by atoms with Crippen LogP contribution in [0.15, 0.2) is 36.5 Å². The van der Waals surface area contributed by atoms with Crippen LogP contribution in [0.5, 0.6) is 0 Å². The fourth-order valence-electron chi connectivity index (χ4n) is 2.66. The number of piperidine rings is 1. The minimum atomic E-state index is 0.413. The van der Waals surface area contributed by atoms with Crippen molar-refractivity contribution in [3.05, 3.63) is 36.5 Å². The van der Waals surface area contributed by atoms with Gasteiger partial charge in [-0.2, -0.15) is 0 Å². The first-order valence-electron chi connectivity index (χ1n) is 6.50. The first-order chi connectivity index (χ1) is 8.88. The molecule has 3 heteroatoms. The molecule has 1 fully saturated rings. The summed E-state index contributed by atoms with van der Waals surface area (Å²) >= 11 is 0. The Morgan fingerprint density at radius 2 is 1.94 bits per heavy atom. The highest BCUT2D eigenvalue weighted by Gasteiger charge is 2.20. The lowest BCUT2D eigenvalue weighted by Gasteiger charge is -2.32. The normalized spacial score (nSPS) is 17.3. The minimum absolute atomic E-state index is 0.413. The zero-order chi connectivity index (χ0) is 12.4. The molecule has 0 saturated carbocycles. The number of nitrogens with zero attached hydrogens (tertiary/aromatic N) is 2. The van der Waals surface area contributed by atoms with Gasteiger partial charge in [-0.3, -0.25) is 0 Å². The van der Waals surface area contributed by atoms with Crippen molar-refractivity contribution in [2.24, 2.45) is 0 Å². The van der Waals surface area contributed by atoms with Crippen LogP contribution in [-0.2, 0) is 4.74 Å². The molecule has 3 nitrogen and oxygen atoms in total. The van der Waals surface area contributed by atoms with Crippen molar-refractivity contribution in [3.63, 3.8) is 0 Å². The summed E-state index contributed by atoms with van der Waals surface area (Å²) in [4.78, 5) is 6.94. The van der Waals surface area contributed by atoms with E-state index in [0.717, 1.165) is 31.7 Å². The Kier molecular flexibility index (Phi) is 3.15. The second kappa shape index (κ2) is 4.94. The van der Waals surface area contributed by atoms with E-state index >= 15 is 0 Å². The molecule has 18 heavy (non-hydrogen) atoms. The maximum absolute atomic E-state index is 5.42. The fraction of sp³-hybridized carbons (Fsp3) is 0.400. The minimum Gasteiger partial charge on any atom is -0.381 e. The van der Waals surface area contributed by atoms with Crippen LogP contribution < -0.4 is 4.90 Å². The molecule has 94 valence electrons. The first kappa shape index (κ1) is 11.5. The van der Waals surface area contributed by atoms with Gasteiger partial charge < -0.3 is 9.64 Å². The van der Waals surface area contributed by atoms with E-state index < -0.39 is 0 Å². The molecular weight excluding hydrogens is 224 g/mol. The number of fused-ring (bicyclic) bond motifs is 1. The van der Waals surface area contributed by atoms with Gasteiger partial charge in [0.05, 0.1) is 6.10 Å². The maximum Gasteiger partial charge on any atom is 0.136 e. The van der Waals surface area contributed by atoms with E-state index in [1.54, 1.807) is 7.11 Å². The molecule has 3 rings (SSSR count). The van der Waals surface area contributed by atoms with E-state index in [-0.39, 0.29) is 0 Å². The topological polar surface area (TPSA) is 25.4 Å². The lowest BCUT2D eigenvalue weighted by Crippen LogP contribution is -2.37. The molecule has 2 heterocycles. The van der Waals surface area contributed by atoms with Crippen LogP contribution in [-0.4, -0.2) is 31.3 Å². The summed E-state index contributed by atoms with van der Waals surface area (Å²) in [6.07, 6.45) is 4.49.